The summed E-state index contributed by atoms with van der Waals surface area (Å²) in [4.78, 5) is 0. The van der Waals surface area contributed by atoms with E-state index in [4.69, 9.17) is 0 Å². The van der Waals surface area contributed by atoms with E-state index in [2.05, 4.69) is 27.9 Å². The summed E-state index contributed by atoms with van der Waals surface area (Å²) in [6, 6.07) is 0.850. The smallest absolute Gasteiger partial charge is 0.00673 e. The molecule has 0 bridgehead atoms. The van der Waals surface area contributed by atoms with Gasteiger partial charge in [-0.05, 0) is 36.7 Å². The molecular weight excluding hydrogens is 237 g/mol. The molecule has 0 aliphatic carbocycles. The first kappa shape index (κ1) is 8.78. The van der Waals surface area contributed by atoms with Gasteiger partial charge < -0.3 is 5.32 Å². The molecule has 0 aromatic rings. The largest absolute Gasteiger partial charge is 0.314 e. The van der Waals surface area contributed by atoms with Crippen LogP contribution in [0.3, 0.4) is 0 Å². The van der Waals surface area contributed by atoms with E-state index in [1.165, 1.54) is 43.1 Å². The Labute approximate surface area is 77.1 Å². The minimum absolute atomic E-state index is 0.850. The normalized spacial score (nSPS) is 26.7. The van der Waals surface area contributed by atoms with Gasteiger partial charge in [-0.1, -0.05) is 29.0 Å². The molecule has 1 rings (SSSR count). The monoisotopic (exact) mass is 253 g/mol. The number of nitrogens with one attached hydrogen (secondary N) is 1. The van der Waals surface area contributed by atoms with Crippen LogP contribution in [-0.2, 0) is 0 Å². The van der Waals surface area contributed by atoms with Crippen LogP contribution in [0.4, 0.5) is 0 Å². The molecule has 0 unspecified atom stereocenters. The van der Waals surface area contributed by atoms with Crippen molar-refractivity contribution in [3.8, 4) is 0 Å². The zero-order valence-corrected chi connectivity index (χ0v) is 8.56. The first-order chi connectivity index (χ1) is 4.93. The summed E-state index contributed by atoms with van der Waals surface area (Å²) >= 11 is 2.46. The highest BCUT2D eigenvalue weighted by Gasteiger charge is 2.10. The number of hydrogen-bond donors (Lipinski definition) is 1. The Morgan fingerprint density at radius 2 is 2.30 bits per heavy atom. The highest BCUT2D eigenvalue weighted by atomic mass is 127. The molecule has 1 saturated heterocycles. The summed E-state index contributed by atoms with van der Waals surface area (Å²) < 4.78 is 1.32. The second kappa shape index (κ2) is 5.35. The highest BCUT2D eigenvalue weighted by Crippen LogP contribution is 2.11. The number of hydrogen-bond acceptors (Lipinski definition) is 1. The fourth-order valence-electron chi connectivity index (χ4n) is 1.49. The van der Waals surface area contributed by atoms with Crippen LogP contribution in [0.15, 0.2) is 0 Å². The minimum atomic E-state index is 0.850. The van der Waals surface area contributed by atoms with Crippen molar-refractivity contribution in [1.29, 1.82) is 0 Å². The Morgan fingerprint density at radius 1 is 1.40 bits per heavy atom. The number of alkyl halides is 1. The van der Waals surface area contributed by atoms with E-state index in [0.29, 0.717) is 0 Å². The third kappa shape index (κ3) is 3.19. The maximum Gasteiger partial charge on any atom is 0.00673 e. The van der Waals surface area contributed by atoms with Crippen LogP contribution in [-0.4, -0.2) is 17.0 Å². The van der Waals surface area contributed by atoms with Crippen LogP contribution in [0.25, 0.3) is 0 Å². The predicted molar refractivity (Wildman–Crippen MR) is 53.8 cm³/mol. The van der Waals surface area contributed by atoms with Gasteiger partial charge in [0.25, 0.3) is 0 Å². The molecule has 0 spiro atoms. The molecule has 2 heteroatoms. The standard InChI is InChI=1S/C8H16IN/c9-6-3-5-8-4-1-2-7-10-8/h8,10H,1-7H2/t8-/m1/s1. The van der Waals surface area contributed by atoms with Crippen LogP contribution in [0, 0.1) is 0 Å². The Balaban J connectivity index is 2.02. The summed E-state index contributed by atoms with van der Waals surface area (Å²) in [5.41, 5.74) is 0. The fraction of sp³-hybridized carbons (Fsp3) is 1.00. The second-order valence-corrected chi connectivity index (χ2v) is 4.06. The molecule has 0 amide bonds. The lowest BCUT2D eigenvalue weighted by Crippen LogP contribution is -2.33. The number of rotatable bonds is 3. The molecule has 1 fully saturated rings. The summed E-state index contributed by atoms with van der Waals surface area (Å²) in [5, 5.41) is 3.55. The van der Waals surface area contributed by atoms with Crippen molar-refractivity contribution in [3.05, 3.63) is 0 Å². The van der Waals surface area contributed by atoms with Gasteiger partial charge in [0, 0.05) is 6.04 Å². The zero-order valence-electron chi connectivity index (χ0n) is 6.41. The Bertz CT molecular complexity index is 79.3. The molecule has 1 nitrogen and oxygen atoms in total. The van der Waals surface area contributed by atoms with E-state index in [1.807, 2.05) is 0 Å². The fourth-order valence-corrected chi connectivity index (χ4v) is 1.93. The molecule has 1 aliphatic rings. The van der Waals surface area contributed by atoms with Crippen LogP contribution < -0.4 is 5.32 Å². The maximum absolute atomic E-state index is 3.55. The van der Waals surface area contributed by atoms with E-state index in [9.17, 15) is 0 Å². The topological polar surface area (TPSA) is 12.0 Å². The molecule has 0 radical (unpaired) electrons. The van der Waals surface area contributed by atoms with Crippen molar-refractivity contribution in [2.45, 2.75) is 38.1 Å². The summed E-state index contributed by atoms with van der Waals surface area (Å²) in [5.74, 6) is 0. The number of halogens is 1. The minimum Gasteiger partial charge on any atom is -0.314 e. The molecule has 1 heterocycles. The van der Waals surface area contributed by atoms with E-state index in [0.717, 1.165) is 6.04 Å². The molecule has 1 N–H and O–H groups in total. The van der Waals surface area contributed by atoms with Crippen LogP contribution in [0.5, 0.6) is 0 Å². The van der Waals surface area contributed by atoms with E-state index < -0.39 is 0 Å². The van der Waals surface area contributed by atoms with Gasteiger partial charge in [-0.15, -0.1) is 0 Å². The maximum atomic E-state index is 3.55. The van der Waals surface area contributed by atoms with Gasteiger partial charge in [-0.3, -0.25) is 0 Å². The predicted octanol–water partition coefficient (Wildman–Crippen LogP) is 2.34. The van der Waals surface area contributed by atoms with Crippen molar-refractivity contribution in [3.63, 3.8) is 0 Å². The molecule has 60 valence electrons. The zero-order chi connectivity index (χ0) is 7.23. The summed E-state index contributed by atoms with van der Waals surface area (Å²) in [7, 11) is 0. The molecule has 0 saturated carbocycles. The van der Waals surface area contributed by atoms with E-state index in [-0.39, 0.29) is 0 Å². The lowest BCUT2D eigenvalue weighted by atomic mass is 10.0. The lowest BCUT2D eigenvalue weighted by molar-refractivity contribution is 0.381. The number of piperidine rings is 1. The first-order valence-corrected chi connectivity index (χ1v) is 5.75. The molecular formula is C8H16IN. The van der Waals surface area contributed by atoms with Crippen molar-refractivity contribution in [1.82, 2.24) is 5.32 Å². The average molecular weight is 253 g/mol. The molecule has 0 aromatic carbocycles. The van der Waals surface area contributed by atoms with Crippen LogP contribution in [0.2, 0.25) is 0 Å². The third-order valence-corrected chi connectivity index (χ3v) is 2.86. The third-order valence-electron chi connectivity index (χ3n) is 2.10. The van der Waals surface area contributed by atoms with Crippen molar-refractivity contribution >= 4 is 22.6 Å². The van der Waals surface area contributed by atoms with E-state index in [1.54, 1.807) is 0 Å². The molecule has 1 aliphatic heterocycles. The van der Waals surface area contributed by atoms with Gasteiger partial charge in [0.1, 0.15) is 0 Å². The quantitative estimate of drug-likeness (QED) is 0.601. The molecule has 0 aromatic heterocycles. The average Bonchev–Trinajstić information content (AvgIpc) is 2.03. The Kier molecular flexibility index (Phi) is 4.70. The van der Waals surface area contributed by atoms with Gasteiger partial charge in [0.2, 0.25) is 0 Å². The first-order valence-electron chi connectivity index (χ1n) is 4.23. The van der Waals surface area contributed by atoms with Gasteiger partial charge >= 0.3 is 0 Å². The highest BCUT2D eigenvalue weighted by molar-refractivity contribution is 14.1. The second-order valence-electron chi connectivity index (χ2n) is 2.98. The van der Waals surface area contributed by atoms with E-state index >= 15 is 0 Å². The van der Waals surface area contributed by atoms with Crippen molar-refractivity contribution in [2.75, 3.05) is 11.0 Å². The summed E-state index contributed by atoms with van der Waals surface area (Å²) in [6.07, 6.45) is 7.03. The lowest BCUT2D eigenvalue weighted by Gasteiger charge is -2.22. The van der Waals surface area contributed by atoms with Crippen LogP contribution >= 0.6 is 22.6 Å². The van der Waals surface area contributed by atoms with Crippen LogP contribution in [0.1, 0.15) is 32.1 Å². The van der Waals surface area contributed by atoms with Gasteiger partial charge in [0.15, 0.2) is 0 Å². The van der Waals surface area contributed by atoms with Crippen molar-refractivity contribution < 1.29 is 0 Å². The molecule has 1 atom stereocenters. The SMILES string of the molecule is ICCC[C@H]1CCCCN1. The van der Waals surface area contributed by atoms with Gasteiger partial charge in [-0.2, -0.15) is 0 Å². The van der Waals surface area contributed by atoms with Gasteiger partial charge in [0.05, 0.1) is 0 Å². The molecule has 10 heavy (non-hydrogen) atoms. The van der Waals surface area contributed by atoms with Crippen molar-refractivity contribution in [2.24, 2.45) is 0 Å². The Hall–Kier alpha value is 0.690. The summed E-state index contributed by atoms with van der Waals surface area (Å²) in [6.45, 7) is 1.26. The van der Waals surface area contributed by atoms with Gasteiger partial charge in [-0.25, -0.2) is 0 Å². The Morgan fingerprint density at radius 3 is 2.90 bits per heavy atom.